The molecule has 0 bridgehead atoms. The first-order chi connectivity index (χ1) is 7.76. The van der Waals surface area contributed by atoms with E-state index in [-0.39, 0.29) is 11.2 Å². The third kappa shape index (κ3) is 8.03. The maximum Gasteiger partial charge on any atom is 0.319 e. The number of ether oxygens (including phenoxy) is 1. The molecule has 0 aromatic rings. The summed E-state index contributed by atoms with van der Waals surface area (Å²) in [6.45, 7) is 4.84. The maximum atomic E-state index is 11.5. The average Bonchev–Trinajstić information content (AvgIpc) is 2.29. The molecule has 96 valence electrons. The minimum atomic E-state index is -0.0384. The van der Waals surface area contributed by atoms with Gasteiger partial charge in [-0.3, -0.25) is 4.79 Å². The topological polar surface area (TPSA) is 26.3 Å². The van der Waals surface area contributed by atoms with Gasteiger partial charge in [0.25, 0.3) is 0 Å². The molecule has 0 fully saturated rings. The van der Waals surface area contributed by atoms with Crippen LogP contribution in [0.3, 0.4) is 0 Å². The van der Waals surface area contributed by atoms with Crippen molar-refractivity contribution in [3.63, 3.8) is 0 Å². The van der Waals surface area contributed by atoms with Crippen LogP contribution >= 0.6 is 11.8 Å². The number of thioether (sulfide) groups is 1. The highest BCUT2D eigenvalue weighted by atomic mass is 32.2. The van der Waals surface area contributed by atoms with Crippen LogP contribution in [0.25, 0.3) is 0 Å². The fraction of sp³-hybridized carbons (Fsp3) is 0.923. The molecular formula is C13H26O2S. The summed E-state index contributed by atoms with van der Waals surface area (Å²) in [5.74, 6) is -0.0384. The van der Waals surface area contributed by atoms with Crippen molar-refractivity contribution >= 4 is 17.7 Å². The summed E-state index contributed by atoms with van der Waals surface area (Å²) in [7, 11) is 0. The largest absolute Gasteiger partial charge is 0.465 e. The first-order valence-corrected chi connectivity index (χ1v) is 7.74. The van der Waals surface area contributed by atoms with E-state index in [0.717, 1.165) is 12.8 Å². The number of rotatable bonds is 10. The Labute approximate surface area is 105 Å². The van der Waals surface area contributed by atoms with Gasteiger partial charge in [0.05, 0.1) is 6.61 Å². The lowest BCUT2D eigenvalue weighted by Gasteiger charge is -2.11. The molecule has 3 heteroatoms. The number of hydrogen-bond donors (Lipinski definition) is 0. The Morgan fingerprint density at radius 1 is 1.12 bits per heavy atom. The van der Waals surface area contributed by atoms with E-state index < -0.39 is 0 Å². The predicted octanol–water partition coefficient (Wildman–Crippen LogP) is 4.03. The van der Waals surface area contributed by atoms with Gasteiger partial charge in [-0.2, -0.15) is 11.8 Å². The highest BCUT2D eigenvalue weighted by Gasteiger charge is 2.15. The fourth-order valence-electron chi connectivity index (χ4n) is 1.58. The van der Waals surface area contributed by atoms with Crippen molar-refractivity contribution in [3.8, 4) is 0 Å². The molecule has 0 spiro atoms. The van der Waals surface area contributed by atoms with Crippen LogP contribution in [0.1, 0.15) is 58.8 Å². The van der Waals surface area contributed by atoms with Crippen LogP contribution in [0.4, 0.5) is 0 Å². The monoisotopic (exact) mass is 246 g/mol. The van der Waals surface area contributed by atoms with Crippen LogP contribution in [0.15, 0.2) is 0 Å². The molecule has 0 aromatic heterocycles. The fourth-order valence-corrected chi connectivity index (χ4v) is 2.17. The minimum absolute atomic E-state index is 0.0279. The molecule has 0 aliphatic rings. The Kier molecular flexibility index (Phi) is 11.2. The van der Waals surface area contributed by atoms with Gasteiger partial charge in [0.15, 0.2) is 0 Å². The van der Waals surface area contributed by atoms with E-state index in [0.29, 0.717) is 6.61 Å². The zero-order valence-corrected chi connectivity index (χ0v) is 11.8. The van der Waals surface area contributed by atoms with Gasteiger partial charge in [0.2, 0.25) is 0 Å². The van der Waals surface area contributed by atoms with Gasteiger partial charge in [-0.05, 0) is 19.1 Å². The highest BCUT2D eigenvalue weighted by Crippen LogP contribution is 2.12. The first-order valence-electron chi connectivity index (χ1n) is 6.45. The lowest BCUT2D eigenvalue weighted by molar-refractivity contribution is -0.143. The molecule has 0 aromatic carbocycles. The molecule has 0 N–H and O–H groups in total. The van der Waals surface area contributed by atoms with Crippen LogP contribution in [0.5, 0.6) is 0 Å². The SMILES string of the molecule is CCCCCCCCOC(=O)C(CC)SC. The molecule has 0 aliphatic heterocycles. The normalized spacial score (nSPS) is 12.4. The molecule has 0 radical (unpaired) electrons. The van der Waals surface area contributed by atoms with Crippen LogP contribution in [-0.4, -0.2) is 24.1 Å². The van der Waals surface area contributed by atoms with Crippen molar-refractivity contribution < 1.29 is 9.53 Å². The van der Waals surface area contributed by atoms with Gasteiger partial charge >= 0.3 is 5.97 Å². The predicted molar refractivity (Wildman–Crippen MR) is 71.9 cm³/mol. The van der Waals surface area contributed by atoms with E-state index in [4.69, 9.17) is 4.74 Å². The van der Waals surface area contributed by atoms with Crippen LogP contribution < -0.4 is 0 Å². The molecule has 0 aliphatic carbocycles. The van der Waals surface area contributed by atoms with Crippen molar-refractivity contribution in [1.29, 1.82) is 0 Å². The van der Waals surface area contributed by atoms with Gasteiger partial charge < -0.3 is 4.74 Å². The van der Waals surface area contributed by atoms with E-state index in [1.54, 1.807) is 11.8 Å². The van der Waals surface area contributed by atoms with E-state index >= 15 is 0 Å². The van der Waals surface area contributed by atoms with Crippen molar-refractivity contribution in [2.24, 2.45) is 0 Å². The van der Waals surface area contributed by atoms with Crippen molar-refractivity contribution in [2.45, 2.75) is 64.0 Å². The summed E-state index contributed by atoms with van der Waals surface area (Å²) in [6, 6.07) is 0. The molecule has 0 rings (SSSR count). The van der Waals surface area contributed by atoms with E-state index in [1.165, 1.54) is 32.1 Å². The Balaban J connectivity index is 3.33. The van der Waals surface area contributed by atoms with Gasteiger partial charge in [-0.25, -0.2) is 0 Å². The molecule has 1 unspecified atom stereocenters. The Morgan fingerprint density at radius 3 is 2.31 bits per heavy atom. The molecule has 0 saturated carbocycles. The van der Waals surface area contributed by atoms with Crippen LogP contribution in [0.2, 0.25) is 0 Å². The Bertz CT molecular complexity index is 167. The van der Waals surface area contributed by atoms with E-state index in [9.17, 15) is 4.79 Å². The summed E-state index contributed by atoms with van der Waals surface area (Å²) in [6.07, 6.45) is 10.2. The molecule has 16 heavy (non-hydrogen) atoms. The molecule has 0 heterocycles. The summed E-state index contributed by atoms with van der Waals surface area (Å²) in [5, 5.41) is 0.0279. The summed E-state index contributed by atoms with van der Waals surface area (Å²) in [5.41, 5.74) is 0. The van der Waals surface area contributed by atoms with E-state index in [1.807, 2.05) is 13.2 Å². The van der Waals surface area contributed by atoms with Crippen LogP contribution in [0, 0.1) is 0 Å². The quantitative estimate of drug-likeness (QED) is 0.430. The Hall–Kier alpha value is -0.180. The number of carbonyl (C=O) groups excluding carboxylic acids is 1. The maximum absolute atomic E-state index is 11.5. The molecular weight excluding hydrogens is 220 g/mol. The third-order valence-electron chi connectivity index (χ3n) is 2.66. The van der Waals surface area contributed by atoms with Crippen molar-refractivity contribution in [2.75, 3.05) is 12.9 Å². The van der Waals surface area contributed by atoms with Crippen LogP contribution in [-0.2, 0) is 9.53 Å². The Morgan fingerprint density at radius 2 is 1.75 bits per heavy atom. The lowest BCUT2D eigenvalue weighted by Crippen LogP contribution is -2.19. The van der Waals surface area contributed by atoms with Gasteiger partial charge in [0, 0.05) is 0 Å². The van der Waals surface area contributed by atoms with Crippen molar-refractivity contribution in [3.05, 3.63) is 0 Å². The highest BCUT2D eigenvalue weighted by molar-refractivity contribution is 7.99. The number of carbonyl (C=O) groups is 1. The summed E-state index contributed by atoms with van der Waals surface area (Å²) < 4.78 is 5.23. The van der Waals surface area contributed by atoms with Gasteiger partial charge in [-0.1, -0.05) is 46.0 Å². The molecule has 1 atom stereocenters. The zero-order chi connectivity index (χ0) is 12.2. The molecule has 0 saturated heterocycles. The third-order valence-corrected chi connectivity index (χ3v) is 3.76. The zero-order valence-electron chi connectivity index (χ0n) is 11.0. The molecule has 2 nitrogen and oxygen atoms in total. The smallest absolute Gasteiger partial charge is 0.319 e. The summed E-state index contributed by atoms with van der Waals surface area (Å²) in [4.78, 5) is 11.5. The first kappa shape index (κ1) is 15.8. The number of hydrogen-bond acceptors (Lipinski definition) is 3. The second-order valence-electron chi connectivity index (χ2n) is 4.07. The van der Waals surface area contributed by atoms with Gasteiger partial charge in [0.1, 0.15) is 5.25 Å². The second-order valence-corrected chi connectivity index (χ2v) is 5.11. The minimum Gasteiger partial charge on any atom is -0.465 e. The standard InChI is InChI=1S/C13H26O2S/c1-4-6-7-8-9-10-11-15-13(14)12(5-2)16-3/h12H,4-11H2,1-3H3. The van der Waals surface area contributed by atoms with E-state index in [2.05, 4.69) is 6.92 Å². The number of esters is 1. The summed E-state index contributed by atoms with van der Waals surface area (Å²) >= 11 is 1.58. The second kappa shape index (κ2) is 11.3. The average molecular weight is 246 g/mol. The number of unbranched alkanes of at least 4 members (excludes halogenated alkanes) is 5. The van der Waals surface area contributed by atoms with Crippen molar-refractivity contribution in [1.82, 2.24) is 0 Å². The van der Waals surface area contributed by atoms with Gasteiger partial charge in [-0.15, -0.1) is 0 Å². The molecule has 0 amide bonds. The lowest BCUT2D eigenvalue weighted by atomic mass is 10.1.